The van der Waals surface area contributed by atoms with E-state index >= 15 is 0 Å². The average Bonchev–Trinajstić information content (AvgIpc) is 3.56. The lowest BCUT2D eigenvalue weighted by Gasteiger charge is -2.23. The minimum absolute atomic E-state index is 0.364. The van der Waals surface area contributed by atoms with E-state index in [1.54, 1.807) is 0 Å². The molecule has 5 aromatic carbocycles. The number of allylic oxidation sites excluding steroid dienone is 3. The van der Waals surface area contributed by atoms with Crippen LogP contribution in [0, 0.1) is 0 Å². The number of aromatic nitrogens is 1. The molecular weight excluding hydrogens is 478 g/mol. The molecule has 0 saturated carbocycles. The molecule has 2 unspecified atom stereocenters. The first-order valence-electron chi connectivity index (χ1n) is 13.2. The van der Waals surface area contributed by atoms with E-state index in [4.69, 9.17) is 0 Å². The maximum absolute atomic E-state index is 3.57. The van der Waals surface area contributed by atoms with E-state index in [1.807, 2.05) is 11.8 Å². The number of para-hydroxylation sites is 1. The van der Waals surface area contributed by atoms with Crippen LogP contribution in [0.5, 0.6) is 0 Å². The van der Waals surface area contributed by atoms with Gasteiger partial charge in [-0.15, -0.1) is 11.8 Å². The standard InChI is InChI=1S/C36H25NS/c1-2-10-23(11-3-1)25-12-4-5-13-27(25)29-16-9-18-31-30-17-8-15-26(35(30)38-36(29)31)24-20-21-34-32(22-24)28-14-6-7-19-33(28)37-34/h1-22,30,35,37H. The fourth-order valence-electron chi connectivity index (χ4n) is 6.24. The van der Waals surface area contributed by atoms with Gasteiger partial charge in [0.1, 0.15) is 0 Å². The van der Waals surface area contributed by atoms with Crippen LogP contribution < -0.4 is 0 Å². The number of rotatable bonds is 3. The molecule has 38 heavy (non-hydrogen) atoms. The number of benzene rings is 5. The van der Waals surface area contributed by atoms with Gasteiger partial charge in [0, 0.05) is 37.9 Å². The SMILES string of the molecule is C1=CC2c3cccc(-c4ccccc4-c4ccccc4)c3SC2C(c2ccc3[nH]c4ccccc4c3c2)=C1. The summed E-state index contributed by atoms with van der Waals surface area (Å²) < 4.78 is 0. The van der Waals surface area contributed by atoms with Crippen LogP contribution in [0.15, 0.2) is 138 Å². The number of H-pyrrole nitrogens is 1. The van der Waals surface area contributed by atoms with E-state index < -0.39 is 0 Å². The van der Waals surface area contributed by atoms with Gasteiger partial charge in [0.2, 0.25) is 0 Å². The fraction of sp³-hybridized carbons (Fsp3) is 0.0556. The first-order valence-corrected chi connectivity index (χ1v) is 14.1. The van der Waals surface area contributed by atoms with Crippen molar-refractivity contribution in [3.05, 3.63) is 145 Å². The highest BCUT2D eigenvalue weighted by molar-refractivity contribution is 8.01. The smallest absolute Gasteiger partial charge is 0.0465 e. The lowest BCUT2D eigenvalue weighted by molar-refractivity contribution is 0.894. The molecule has 1 N–H and O–H groups in total. The van der Waals surface area contributed by atoms with Crippen molar-refractivity contribution in [2.75, 3.05) is 0 Å². The zero-order valence-corrected chi connectivity index (χ0v) is 21.6. The highest BCUT2D eigenvalue weighted by atomic mass is 32.2. The van der Waals surface area contributed by atoms with Crippen molar-refractivity contribution in [1.29, 1.82) is 0 Å². The third-order valence-electron chi connectivity index (χ3n) is 8.02. The van der Waals surface area contributed by atoms with E-state index in [1.165, 1.54) is 65.7 Å². The van der Waals surface area contributed by atoms with Gasteiger partial charge in [-0.1, -0.05) is 115 Å². The maximum atomic E-state index is 3.57. The molecule has 1 aliphatic carbocycles. The Balaban J connectivity index is 1.23. The molecule has 2 heterocycles. The minimum Gasteiger partial charge on any atom is -0.355 e. The van der Waals surface area contributed by atoms with Gasteiger partial charge in [-0.3, -0.25) is 0 Å². The lowest BCUT2D eigenvalue weighted by atomic mass is 9.84. The highest BCUT2D eigenvalue weighted by Gasteiger charge is 2.37. The van der Waals surface area contributed by atoms with Crippen LogP contribution in [0.2, 0.25) is 0 Å². The van der Waals surface area contributed by atoms with Crippen molar-refractivity contribution in [3.8, 4) is 22.3 Å². The molecule has 2 atom stereocenters. The molecule has 0 bridgehead atoms. The molecule has 1 nitrogen and oxygen atoms in total. The van der Waals surface area contributed by atoms with Crippen molar-refractivity contribution in [3.63, 3.8) is 0 Å². The number of hydrogen-bond donors (Lipinski definition) is 1. The van der Waals surface area contributed by atoms with Crippen LogP contribution in [-0.4, -0.2) is 10.2 Å². The molecule has 8 rings (SSSR count). The molecule has 180 valence electrons. The van der Waals surface area contributed by atoms with E-state index in [-0.39, 0.29) is 0 Å². The van der Waals surface area contributed by atoms with Gasteiger partial charge in [0.25, 0.3) is 0 Å². The molecule has 0 saturated heterocycles. The van der Waals surface area contributed by atoms with Crippen LogP contribution in [0.1, 0.15) is 17.0 Å². The summed E-state index contributed by atoms with van der Waals surface area (Å²) in [5.74, 6) is 0.373. The molecule has 0 spiro atoms. The molecule has 2 heteroatoms. The second-order valence-corrected chi connectivity index (χ2v) is 11.3. The first kappa shape index (κ1) is 21.8. The summed E-state index contributed by atoms with van der Waals surface area (Å²) in [5.41, 5.74) is 11.7. The van der Waals surface area contributed by atoms with Crippen molar-refractivity contribution < 1.29 is 0 Å². The summed E-state index contributed by atoms with van der Waals surface area (Å²) in [7, 11) is 0. The van der Waals surface area contributed by atoms with E-state index in [0.717, 1.165) is 0 Å². The summed E-state index contributed by atoms with van der Waals surface area (Å²) in [6.45, 7) is 0. The van der Waals surface area contributed by atoms with Crippen molar-refractivity contribution in [2.24, 2.45) is 0 Å². The van der Waals surface area contributed by atoms with E-state index in [2.05, 4.69) is 138 Å². The Hall–Kier alpha value is -4.27. The Morgan fingerprint density at radius 1 is 0.579 bits per heavy atom. The van der Waals surface area contributed by atoms with Crippen molar-refractivity contribution in [1.82, 2.24) is 4.98 Å². The van der Waals surface area contributed by atoms with Gasteiger partial charge in [0.15, 0.2) is 0 Å². The Kier molecular flexibility index (Phi) is 4.96. The largest absolute Gasteiger partial charge is 0.355 e. The summed E-state index contributed by atoms with van der Waals surface area (Å²) in [6, 6.07) is 41.9. The molecule has 6 aromatic rings. The van der Waals surface area contributed by atoms with Crippen LogP contribution in [0.25, 0.3) is 49.6 Å². The van der Waals surface area contributed by atoms with Gasteiger partial charge < -0.3 is 4.98 Å². The Bertz CT molecular complexity index is 1910. The zero-order valence-electron chi connectivity index (χ0n) is 20.8. The Labute approximate surface area is 226 Å². The van der Waals surface area contributed by atoms with Crippen molar-refractivity contribution >= 4 is 39.1 Å². The molecular formula is C36H25NS. The fourth-order valence-corrected chi connectivity index (χ4v) is 7.86. The van der Waals surface area contributed by atoms with Crippen LogP contribution >= 0.6 is 11.8 Å². The molecule has 2 aliphatic rings. The van der Waals surface area contributed by atoms with Gasteiger partial charge >= 0.3 is 0 Å². The predicted octanol–water partition coefficient (Wildman–Crippen LogP) is 9.87. The maximum Gasteiger partial charge on any atom is 0.0465 e. The summed E-state index contributed by atoms with van der Waals surface area (Å²) in [5, 5.41) is 2.95. The number of hydrogen-bond acceptors (Lipinski definition) is 1. The Morgan fingerprint density at radius 2 is 1.34 bits per heavy atom. The number of aromatic amines is 1. The average molecular weight is 504 g/mol. The molecule has 0 amide bonds. The lowest BCUT2D eigenvalue weighted by Crippen LogP contribution is -2.13. The second-order valence-electron chi connectivity index (χ2n) is 10.1. The third kappa shape index (κ3) is 3.34. The molecule has 1 aromatic heterocycles. The molecule has 1 aliphatic heterocycles. The van der Waals surface area contributed by atoms with Gasteiger partial charge in [-0.25, -0.2) is 0 Å². The van der Waals surface area contributed by atoms with E-state index in [9.17, 15) is 0 Å². The Morgan fingerprint density at radius 3 is 2.26 bits per heavy atom. The topological polar surface area (TPSA) is 15.8 Å². The van der Waals surface area contributed by atoms with Crippen LogP contribution in [-0.2, 0) is 0 Å². The van der Waals surface area contributed by atoms with Gasteiger partial charge in [0.05, 0.1) is 0 Å². The van der Waals surface area contributed by atoms with Gasteiger partial charge in [-0.2, -0.15) is 0 Å². The predicted molar refractivity (Wildman–Crippen MR) is 163 cm³/mol. The third-order valence-corrected chi connectivity index (χ3v) is 9.51. The van der Waals surface area contributed by atoms with Gasteiger partial charge in [-0.05, 0) is 57.2 Å². The normalized spacial score (nSPS) is 17.9. The summed E-state index contributed by atoms with van der Waals surface area (Å²) in [6.07, 6.45) is 6.98. The van der Waals surface area contributed by atoms with Crippen LogP contribution in [0.4, 0.5) is 0 Å². The number of thioether (sulfide) groups is 1. The monoisotopic (exact) mass is 503 g/mol. The van der Waals surface area contributed by atoms with Crippen LogP contribution in [0.3, 0.4) is 0 Å². The summed E-state index contributed by atoms with van der Waals surface area (Å²) in [4.78, 5) is 4.99. The molecule has 0 fully saturated rings. The quantitative estimate of drug-likeness (QED) is 0.254. The first-order chi connectivity index (χ1) is 18.8. The number of fused-ring (bicyclic) bond motifs is 6. The zero-order chi connectivity index (χ0) is 25.1. The highest BCUT2D eigenvalue weighted by Crippen LogP contribution is 2.56. The van der Waals surface area contributed by atoms with Crippen molar-refractivity contribution in [2.45, 2.75) is 16.1 Å². The summed E-state index contributed by atoms with van der Waals surface area (Å²) >= 11 is 2.03. The number of nitrogens with one attached hydrogen (secondary N) is 1. The minimum atomic E-state index is 0.364. The second kappa shape index (κ2) is 8.65. The van der Waals surface area contributed by atoms with E-state index in [0.29, 0.717) is 11.2 Å². The molecule has 0 radical (unpaired) electrons.